The Kier molecular flexibility index (Phi) is 8.63. The Morgan fingerprint density at radius 1 is 1.00 bits per heavy atom. The van der Waals surface area contributed by atoms with E-state index in [0.717, 1.165) is 43.5 Å². The number of ether oxygens (including phenoxy) is 1. The molecular weight excluding hydrogens is 496 g/mol. The van der Waals surface area contributed by atoms with Gasteiger partial charge in [0, 0.05) is 43.0 Å². The third kappa shape index (κ3) is 6.24. The topological polar surface area (TPSA) is 66.9 Å². The summed E-state index contributed by atoms with van der Waals surface area (Å²) in [6, 6.07) is 12.7. The van der Waals surface area contributed by atoms with E-state index in [1.54, 1.807) is 16.4 Å². The Hall–Kier alpha value is -2.09. The molecule has 0 N–H and O–H groups in total. The van der Waals surface area contributed by atoms with E-state index >= 15 is 0 Å². The Labute approximate surface area is 220 Å². The molecule has 2 heterocycles. The summed E-state index contributed by atoms with van der Waals surface area (Å²) in [6.45, 7) is 6.70. The third-order valence-electron chi connectivity index (χ3n) is 7.66. The summed E-state index contributed by atoms with van der Waals surface area (Å²) in [7, 11) is -3.58. The second-order valence-corrected chi connectivity index (χ2v) is 12.6. The molecule has 2 aromatic rings. The fourth-order valence-corrected chi connectivity index (χ4v) is 6.70. The highest BCUT2D eigenvalue weighted by Crippen LogP contribution is 2.38. The predicted molar refractivity (Wildman–Crippen MR) is 143 cm³/mol. The molecule has 2 aliphatic heterocycles. The Balaban J connectivity index is 1.49. The fourth-order valence-electron chi connectivity index (χ4n) is 5.14. The van der Waals surface area contributed by atoms with Gasteiger partial charge in [0.25, 0.3) is 0 Å². The molecule has 2 saturated heterocycles. The van der Waals surface area contributed by atoms with Gasteiger partial charge in [-0.3, -0.25) is 4.79 Å². The standard InChI is InChI=1S/C28H37ClN2O4S/c1-3-23-7-10-25(11-8-23)36(33,34)31-17-13-28(14-18-31,20-27(32)30-15-5-4-6-16-30)21-35-24-9-12-26(29)22(2)19-24/h7-12,19H,3-6,13-18,20-21H2,1-2H3. The van der Waals surface area contributed by atoms with Crippen LogP contribution in [0.4, 0.5) is 0 Å². The van der Waals surface area contributed by atoms with Crippen LogP contribution in [0.15, 0.2) is 47.4 Å². The number of hydrogen-bond acceptors (Lipinski definition) is 4. The molecule has 0 aromatic heterocycles. The number of nitrogens with zero attached hydrogens (tertiary/aromatic N) is 2. The van der Waals surface area contributed by atoms with Gasteiger partial charge in [0.1, 0.15) is 5.75 Å². The van der Waals surface area contributed by atoms with Crippen molar-refractivity contribution in [3.8, 4) is 5.75 Å². The number of carbonyl (C=O) groups excluding carboxylic acids is 1. The monoisotopic (exact) mass is 532 g/mol. The first-order valence-electron chi connectivity index (χ1n) is 13.0. The van der Waals surface area contributed by atoms with Crippen molar-refractivity contribution in [3.63, 3.8) is 0 Å². The van der Waals surface area contributed by atoms with Gasteiger partial charge in [0.15, 0.2) is 0 Å². The van der Waals surface area contributed by atoms with Crippen molar-refractivity contribution in [2.75, 3.05) is 32.8 Å². The van der Waals surface area contributed by atoms with E-state index in [2.05, 4.69) is 0 Å². The SMILES string of the molecule is CCc1ccc(S(=O)(=O)N2CCC(COc3ccc(Cl)c(C)c3)(CC(=O)N3CCCCC3)CC2)cc1. The molecule has 2 aromatic carbocycles. The fraction of sp³-hybridized carbons (Fsp3) is 0.536. The van der Waals surface area contributed by atoms with Crippen LogP contribution in [-0.4, -0.2) is 56.3 Å². The first-order valence-corrected chi connectivity index (χ1v) is 14.8. The maximum absolute atomic E-state index is 13.3. The zero-order valence-corrected chi connectivity index (χ0v) is 22.9. The summed E-state index contributed by atoms with van der Waals surface area (Å²) in [5.74, 6) is 0.866. The zero-order valence-electron chi connectivity index (χ0n) is 21.3. The number of hydrogen-bond donors (Lipinski definition) is 0. The predicted octanol–water partition coefficient (Wildman–Crippen LogP) is 5.46. The largest absolute Gasteiger partial charge is 0.493 e. The number of halogens is 1. The van der Waals surface area contributed by atoms with Crippen LogP contribution in [0.3, 0.4) is 0 Å². The first-order chi connectivity index (χ1) is 17.2. The highest BCUT2D eigenvalue weighted by Gasteiger charge is 2.41. The molecule has 36 heavy (non-hydrogen) atoms. The molecule has 4 rings (SSSR count). The van der Waals surface area contributed by atoms with Crippen molar-refractivity contribution in [2.45, 2.75) is 63.7 Å². The van der Waals surface area contributed by atoms with Crippen LogP contribution >= 0.6 is 11.6 Å². The number of aryl methyl sites for hydroxylation is 2. The minimum Gasteiger partial charge on any atom is -0.493 e. The van der Waals surface area contributed by atoms with Crippen LogP contribution in [-0.2, 0) is 21.2 Å². The minimum atomic E-state index is -3.58. The van der Waals surface area contributed by atoms with Gasteiger partial charge in [-0.1, -0.05) is 30.7 Å². The maximum Gasteiger partial charge on any atom is 0.243 e. The van der Waals surface area contributed by atoms with Crippen LogP contribution in [0.1, 0.15) is 56.6 Å². The maximum atomic E-state index is 13.3. The van der Waals surface area contributed by atoms with Crippen molar-refractivity contribution >= 4 is 27.5 Å². The molecule has 0 atom stereocenters. The molecule has 2 fully saturated rings. The van der Waals surface area contributed by atoms with Crippen LogP contribution < -0.4 is 4.74 Å². The summed E-state index contributed by atoms with van der Waals surface area (Å²) >= 11 is 6.17. The average molecular weight is 533 g/mol. The average Bonchev–Trinajstić information content (AvgIpc) is 2.90. The van der Waals surface area contributed by atoms with E-state index in [4.69, 9.17) is 16.3 Å². The summed E-state index contributed by atoms with van der Waals surface area (Å²) in [6.07, 6.45) is 5.64. The van der Waals surface area contributed by atoms with Crippen molar-refractivity contribution in [1.29, 1.82) is 0 Å². The lowest BCUT2D eigenvalue weighted by Gasteiger charge is -2.42. The smallest absolute Gasteiger partial charge is 0.243 e. The summed E-state index contributed by atoms with van der Waals surface area (Å²) < 4.78 is 34.4. The number of piperidine rings is 2. The Morgan fingerprint density at radius 3 is 2.28 bits per heavy atom. The first kappa shape index (κ1) is 27.0. The lowest BCUT2D eigenvalue weighted by molar-refractivity contribution is -0.136. The van der Waals surface area contributed by atoms with Gasteiger partial charge in [-0.15, -0.1) is 0 Å². The molecular formula is C28H37ClN2O4S. The van der Waals surface area contributed by atoms with E-state index in [-0.39, 0.29) is 5.91 Å². The van der Waals surface area contributed by atoms with Crippen molar-refractivity contribution < 1.29 is 17.9 Å². The number of amides is 1. The van der Waals surface area contributed by atoms with Crippen LogP contribution in [0, 0.1) is 12.3 Å². The van der Waals surface area contributed by atoms with Crippen molar-refractivity contribution in [1.82, 2.24) is 9.21 Å². The van der Waals surface area contributed by atoms with Gasteiger partial charge in [-0.05, 0) is 86.9 Å². The van der Waals surface area contributed by atoms with E-state index < -0.39 is 15.4 Å². The molecule has 0 spiro atoms. The lowest BCUT2D eigenvalue weighted by Crippen LogP contribution is -2.48. The van der Waals surface area contributed by atoms with Gasteiger partial charge in [0.2, 0.25) is 15.9 Å². The third-order valence-corrected chi connectivity index (χ3v) is 10.00. The second-order valence-electron chi connectivity index (χ2n) is 10.2. The molecule has 2 aliphatic rings. The lowest BCUT2D eigenvalue weighted by atomic mass is 9.76. The summed E-state index contributed by atoms with van der Waals surface area (Å²) in [5, 5.41) is 0.683. The van der Waals surface area contributed by atoms with E-state index in [9.17, 15) is 13.2 Å². The molecule has 6 nitrogen and oxygen atoms in total. The van der Waals surface area contributed by atoms with Gasteiger partial charge in [-0.2, -0.15) is 4.31 Å². The molecule has 0 unspecified atom stereocenters. The van der Waals surface area contributed by atoms with E-state index in [0.29, 0.717) is 54.6 Å². The number of rotatable bonds is 8. The quantitative estimate of drug-likeness (QED) is 0.452. The normalized spacial score (nSPS) is 18.7. The molecule has 0 aliphatic carbocycles. The number of likely N-dealkylation sites (tertiary alicyclic amines) is 1. The zero-order chi connectivity index (χ0) is 25.8. The van der Waals surface area contributed by atoms with Crippen LogP contribution in [0.2, 0.25) is 5.02 Å². The molecule has 0 radical (unpaired) electrons. The summed E-state index contributed by atoms with van der Waals surface area (Å²) in [5.41, 5.74) is 1.63. The Morgan fingerprint density at radius 2 is 1.67 bits per heavy atom. The van der Waals surface area contributed by atoms with Crippen molar-refractivity contribution in [3.05, 3.63) is 58.6 Å². The molecule has 1 amide bonds. The number of sulfonamides is 1. The Bertz CT molecular complexity index is 1150. The van der Waals surface area contributed by atoms with E-state index in [1.807, 2.05) is 49.1 Å². The molecule has 0 saturated carbocycles. The minimum absolute atomic E-state index is 0.150. The highest BCUT2D eigenvalue weighted by molar-refractivity contribution is 7.89. The van der Waals surface area contributed by atoms with Crippen LogP contribution in [0.5, 0.6) is 5.75 Å². The molecule has 8 heteroatoms. The highest BCUT2D eigenvalue weighted by atomic mass is 35.5. The van der Waals surface area contributed by atoms with Crippen molar-refractivity contribution in [2.24, 2.45) is 5.41 Å². The molecule has 196 valence electrons. The van der Waals surface area contributed by atoms with Gasteiger partial charge < -0.3 is 9.64 Å². The van der Waals surface area contributed by atoms with Gasteiger partial charge >= 0.3 is 0 Å². The number of carbonyl (C=O) groups is 1. The summed E-state index contributed by atoms with van der Waals surface area (Å²) in [4.78, 5) is 15.6. The number of benzene rings is 2. The van der Waals surface area contributed by atoms with E-state index in [1.165, 1.54) is 6.42 Å². The van der Waals surface area contributed by atoms with Gasteiger partial charge in [0.05, 0.1) is 11.5 Å². The molecule has 0 bridgehead atoms. The van der Waals surface area contributed by atoms with Gasteiger partial charge in [-0.25, -0.2) is 8.42 Å². The second kappa shape index (κ2) is 11.5. The van der Waals surface area contributed by atoms with Crippen LogP contribution in [0.25, 0.3) is 0 Å².